The molecule has 0 saturated heterocycles. The van der Waals surface area contributed by atoms with E-state index in [0.29, 0.717) is 36.6 Å². The van der Waals surface area contributed by atoms with Crippen molar-refractivity contribution in [2.45, 2.75) is 44.6 Å². The van der Waals surface area contributed by atoms with Gasteiger partial charge >= 0.3 is 0 Å². The molecule has 0 heterocycles. The molecule has 0 amide bonds. The molecular formula is C17H29IN4O3S. The van der Waals surface area contributed by atoms with Crippen LogP contribution >= 0.6 is 24.0 Å². The van der Waals surface area contributed by atoms with Crippen LogP contribution in [0.3, 0.4) is 0 Å². The van der Waals surface area contributed by atoms with Crippen molar-refractivity contribution in [2.75, 3.05) is 24.1 Å². The number of guanidine groups is 1. The molecule has 4 N–H and O–H groups in total. The number of hydrogen-bond acceptors (Lipinski definition) is 4. The van der Waals surface area contributed by atoms with E-state index in [9.17, 15) is 8.42 Å². The molecule has 0 spiro atoms. The van der Waals surface area contributed by atoms with E-state index in [1.54, 1.807) is 24.3 Å². The largest absolute Gasteiger partial charge is 0.492 e. The van der Waals surface area contributed by atoms with Crippen LogP contribution in [-0.4, -0.2) is 39.8 Å². The molecule has 1 aromatic rings. The van der Waals surface area contributed by atoms with Crippen LogP contribution in [0.1, 0.15) is 38.5 Å². The topological polar surface area (TPSA) is 106 Å². The number of anilines is 1. The van der Waals surface area contributed by atoms with E-state index in [1.165, 1.54) is 25.7 Å². The fourth-order valence-electron chi connectivity index (χ4n) is 2.84. The third-order valence-electron chi connectivity index (χ3n) is 4.01. The second kappa shape index (κ2) is 11.5. The molecular weight excluding hydrogens is 467 g/mol. The summed E-state index contributed by atoms with van der Waals surface area (Å²) in [4.78, 5) is 4.30. The maximum Gasteiger partial charge on any atom is 0.229 e. The van der Waals surface area contributed by atoms with Crippen LogP contribution in [0.4, 0.5) is 5.69 Å². The van der Waals surface area contributed by atoms with E-state index in [1.807, 2.05) is 0 Å². The van der Waals surface area contributed by atoms with Crippen molar-refractivity contribution < 1.29 is 13.2 Å². The van der Waals surface area contributed by atoms with Gasteiger partial charge in [0.15, 0.2) is 5.96 Å². The zero-order valence-corrected chi connectivity index (χ0v) is 18.3. The van der Waals surface area contributed by atoms with Gasteiger partial charge in [-0.1, -0.05) is 25.7 Å². The number of hydrogen-bond donors (Lipinski definition) is 3. The Morgan fingerprint density at radius 1 is 1.19 bits per heavy atom. The van der Waals surface area contributed by atoms with Gasteiger partial charge in [0.2, 0.25) is 10.0 Å². The summed E-state index contributed by atoms with van der Waals surface area (Å²) in [5.74, 6) is 1.13. The van der Waals surface area contributed by atoms with Gasteiger partial charge in [0.1, 0.15) is 12.4 Å². The molecule has 1 aliphatic rings. The number of aliphatic imine (C=N–C) groups is 1. The Balaban J connectivity index is 0.00000338. The summed E-state index contributed by atoms with van der Waals surface area (Å²) >= 11 is 0. The summed E-state index contributed by atoms with van der Waals surface area (Å²) in [6.07, 6.45) is 8.53. The number of sulfonamides is 1. The van der Waals surface area contributed by atoms with Crippen LogP contribution < -0.4 is 20.5 Å². The fraction of sp³-hybridized carbons (Fsp3) is 0.588. The molecule has 26 heavy (non-hydrogen) atoms. The average Bonchev–Trinajstić information content (AvgIpc) is 2.80. The minimum absolute atomic E-state index is 0. The normalized spacial score (nSPS) is 16.3. The number of halogens is 1. The zero-order chi connectivity index (χ0) is 18.1. The van der Waals surface area contributed by atoms with Crippen molar-refractivity contribution in [3.05, 3.63) is 24.3 Å². The van der Waals surface area contributed by atoms with Gasteiger partial charge in [0.25, 0.3) is 0 Å². The predicted molar refractivity (Wildman–Crippen MR) is 117 cm³/mol. The standard InChI is InChI=1S/C17H28N4O3S.HI/c1-25(22,23)21-15-8-10-16(11-9-15)24-13-12-19-17(18)20-14-6-4-2-3-5-7-14;/h8-11,14,21H,2-7,12-13H2,1H3,(H3,18,19,20);1H. The average molecular weight is 496 g/mol. The molecule has 0 bridgehead atoms. The predicted octanol–water partition coefficient (Wildman–Crippen LogP) is 2.68. The molecule has 0 radical (unpaired) electrons. The highest BCUT2D eigenvalue weighted by atomic mass is 127. The monoisotopic (exact) mass is 496 g/mol. The van der Waals surface area contributed by atoms with Crippen molar-refractivity contribution in [1.29, 1.82) is 0 Å². The number of ether oxygens (including phenoxy) is 1. The number of benzene rings is 1. The lowest BCUT2D eigenvalue weighted by Gasteiger charge is -2.16. The highest BCUT2D eigenvalue weighted by molar-refractivity contribution is 14.0. The Morgan fingerprint density at radius 3 is 2.38 bits per heavy atom. The molecule has 7 nitrogen and oxygen atoms in total. The fourth-order valence-corrected chi connectivity index (χ4v) is 3.41. The van der Waals surface area contributed by atoms with Crippen molar-refractivity contribution >= 4 is 45.6 Å². The quantitative estimate of drug-likeness (QED) is 0.177. The summed E-state index contributed by atoms with van der Waals surface area (Å²) in [6.45, 7) is 0.876. The molecule has 0 unspecified atom stereocenters. The van der Waals surface area contributed by atoms with Crippen LogP contribution in [0.15, 0.2) is 29.3 Å². The van der Waals surface area contributed by atoms with Gasteiger partial charge in [-0.3, -0.25) is 4.72 Å². The van der Waals surface area contributed by atoms with Gasteiger partial charge in [-0.2, -0.15) is 0 Å². The smallest absolute Gasteiger partial charge is 0.229 e. The van der Waals surface area contributed by atoms with Gasteiger partial charge in [-0.05, 0) is 37.1 Å². The molecule has 2 rings (SSSR count). The minimum Gasteiger partial charge on any atom is -0.492 e. The van der Waals surface area contributed by atoms with Gasteiger partial charge < -0.3 is 15.8 Å². The van der Waals surface area contributed by atoms with Gasteiger partial charge in [0, 0.05) is 11.7 Å². The second-order valence-corrected chi connectivity index (χ2v) is 8.10. The molecule has 0 atom stereocenters. The van der Waals surface area contributed by atoms with Crippen LogP contribution in [0.5, 0.6) is 5.75 Å². The van der Waals surface area contributed by atoms with E-state index in [4.69, 9.17) is 10.5 Å². The first-order chi connectivity index (χ1) is 11.9. The first kappa shape index (κ1) is 22.8. The third-order valence-corrected chi connectivity index (χ3v) is 4.61. The van der Waals surface area contributed by atoms with Crippen LogP contribution in [0.2, 0.25) is 0 Å². The maximum atomic E-state index is 11.1. The molecule has 0 aromatic heterocycles. The SMILES string of the molecule is CS(=O)(=O)Nc1ccc(OCCN=C(N)NC2CCCCCC2)cc1.I. The Bertz CT molecular complexity index is 657. The third kappa shape index (κ3) is 9.46. The molecule has 0 aliphatic heterocycles. The summed E-state index contributed by atoms with van der Waals surface area (Å²) in [5.41, 5.74) is 6.44. The van der Waals surface area contributed by atoms with E-state index in [0.717, 1.165) is 19.1 Å². The highest BCUT2D eigenvalue weighted by Gasteiger charge is 2.12. The van der Waals surface area contributed by atoms with Crippen molar-refractivity contribution in [1.82, 2.24) is 5.32 Å². The minimum atomic E-state index is -3.26. The lowest BCUT2D eigenvalue weighted by atomic mass is 10.1. The second-order valence-electron chi connectivity index (χ2n) is 6.35. The Labute approximate surface area is 173 Å². The summed E-state index contributed by atoms with van der Waals surface area (Å²) in [6, 6.07) is 7.17. The summed E-state index contributed by atoms with van der Waals surface area (Å²) in [7, 11) is -3.26. The van der Waals surface area contributed by atoms with E-state index in [-0.39, 0.29) is 24.0 Å². The maximum absolute atomic E-state index is 11.1. The lowest BCUT2D eigenvalue weighted by Crippen LogP contribution is -2.40. The highest BCUT2D eigenvalue weighted by Crippen LogP contribution is 2.17. The molecule has 1 aliphatic carbocycles. The molecule has 9 heteroatoms. The Hall–Kier alpha value is -1.23. The van der Waals surface area contributed by atoms with Crippen molar-refractivity contribution in [2.24, 2.45) is 10.7 Å². The van der Waals surface area contributed by atoms with Gasteiger partial charge in [-0.25, -0.2) is 13.4 Å². The first-order valence-electron chi connectivity index (χ1n) is 8.69. The van der Waals surface area contributed by atoms with Crippen LogP contribution in [0.25, 0.3) is 0 Å². The first-order valence-corrected chi connectivity index (χ1v) is 10.6. The Morgan fingerprint density at radius 2 is 1.81 bits per heavy atom. The molecule has 1 saturated carbocycles. The van der Waals surface area contributed by atoms with E-state index in [2.05, 4.69) is 15.0 Å². The number of rotatable bonds is 7. The van der Waals surface area contributed by atoms with Crippen molar-refractivity contribution in [3.8, 4) is 5.75 Å². The van der Waals surface area contributed by atoms with E-state index < -0.39 is 10.0 Å². The zero-order valence-electron chi connectivity index (χ0n) is 15.1. The number of nitrogens with zero attached hydrogens (tertiary/aromatic N) is 1. The van der Waals surface area contributed by atoms with E-state index >= 15 is 0 Å². The molecule has 1 aromatic carbocycles. The molecule has 148 valence electrons. The number of nitrogens with two attached hydrogens (primary N) is 1. The summed E-state index contributed by atoms with van der Waals surface area (Å²) < 4.78 is 30.3. The lowest BCUT2D eigenvalue weighted by molar-refractivity contribution is 0.328. The number of nitrogens with one attached hydrogen (secondary N) is 2. The van der Waals surface area contributed by atoms with Crippen molar-refractivity contribution in [3.63, 3.8) is 0 Å². The van der Waals surface area contributed by atoms with Gasteiger partial charge in [-0.15, -0.1) is 24.0 Å². The van der Waals surface area contributed by atoms with Gasteiger partial charge in [0.05, 0.1) is 12.8 Å². The van der Waals surface area contributed by atoms with Crippen LogP contribution in [0, 0.1) is 0 Å². The Kier molecular flexibility index (Phi) is 10.1. The van der Waals surface area contributed by atoms with Crippen LogP contribution in [-0.2, 0) is 10.0 Å². The summed E-state index contributed by atoms with van der Waals surface area (Å²) in [5, 5.41) is 3.29. The molecule has 1 fully saturated rings.